The van der Waals surface area contributed by atoms with Crippen molar-refractivity contribution in [2.75, 3.05) is 17.3 Å². The Morgan fingerprint density at radius 2 is 1.88 bits per heavy atom. The van der Waals surface area contributed by atoms with E-state index < -0.39 is 16.9 Å². The van der Waals surface area contributed by atoms with Crippen molar-refractivity contribution in [3.05, 3.63) is 70.3 Å². The van der Waals surface area contributed by atoms with Gasteiger partial charge < -0.3 is 10.6 Å². The van der Waals surface area contributed by atoms with Crippen LogP contribution >= 0.6 is 11.8 Å². The van der Waals surface area contributed by atoms with Crippen LogP contribution in [-0.2, 0) is 4.79 Å². The fourth-order valence-electron chi connectivity index (χ4n) is 2.26. The molecule has 0 radical (unpaired) electrons. The summed E-state index contributed by atoms with van der Waals surface area (Å²) >= 11 is 1.56. The van der Waals surface area contributed by atoms with Crippen molar-refractivity contribution in [1.82, 2.24) is 5.32 Å². The number of nitrogens with zero attached hydrogens (tertiary/aromatic N) is 1. The topological polar surface area (TPSA) is 101 Å². The predicted octanol–water partition coefficient (Wildman–Crippen LogP) is 3.09. The van der Waals surface area contributed by atoms with Crippen LogP contribution in [0.3, 0.4) is 0 Å². The Balaban J connectivity index is 2.11. The van der Waals surface area contributed by atoms with Crippen LogP contribution in [0.5, 0.6) is 0 Å². The highest BCUT2D eigenvalue weighted by molar-refractivity contribution is 7.98. The van der Waals surface area contributed by atoms with Crippen LogP contribution in [0.25, 0.3) is 0 Å². The third kappa shape index (κ3) is 5.59. The Bertz CT molecular complexity index is 783. The maximum Gasteiger partial charge on any atom is 0.270 e. The molecule has 26 heavy (non-hydrogen) atoms. The van der Waals surface area contributed by atoms with Crippen LogP contribution in [0.2, 0.25) is 0 Å². The molecule has 0 unspecified atom stereocenters. The number of amides is 2. The van der Waals surface area contributed by atoms with Crippen molar-refractivity contribution in [2.45, 2.75) is 12.5 Å². The van der Waals surface area contributed by atoms with E-state index in [9.17, 15) is 19.7 Å². The quantitative estimate of drug-likeness (QED) is 0.547. The first kappa shape index (κ1) is 19.5. The summed E-state index contributed by atoms with van der Waals surface area (Å²) in [6.45, 7) is 0. The summed E-state index contributed by atoms with van der Waals surface area (Å²) in [5, 5.41) is 16.3. The van der Waals surface area contributed by atoms with Crippen LogP contribution < -0.4 is 10.6 Å². The van der Waals surface area contributed by atoms with Crippen molar-refractivity contribution in [3.8, 4) is 0 Å². The van der Waals surface area contributed by atoms with Crippen LogP contribution in [-0.4, -0.2) is 34.8 Å². The summed E-state index contributed by atoms with van der Waals surface area (Å²) in [6.07, 6.45) is 2.36. The second-order valence-electron chi connectivity index (χ2n) is 5.47. The molecule has 0 aliphatic carbocycles. The van der Waals surface area contributed by atoms with E-state index in [0.29, 0.717) is 17.9 Å². The van der Waals surface area contributed by atoms with E-state index in [2.05, 4.69) is 10.6 Å². The molecule has 2 aromatic rings. The fourth-order valence-corrected chi connectivity index (χ4v) is 2.73. The highest BCUT2D eigenvalue weighted by atomic mass is 32.2. The molecule has 2 rings (SSSR count). The van der Waals surface area contributed by atoms with Gasteiger partial charge in [0.25, 0.3) is 11.6 Å². The lowest BCUT2D eigenvalue weighted by Crippen LogP contribution is -2.44. The van der Waals surface area contributed by atoms with Gasteiger partial charge in [-0.3, -0.25) is 19.7 Å². The van der Waals surface area contributed by atoms with E-state index in [1.165, 1.54) is 24.3 Å². The first-order chi connectivity index (χ1) is 12.5. The summed E-state index contributed by atoms with van der Waals surface area (Å²) in [7, 11) is 0. The number of nitro benzene ring substituents is 1. The van der Waals surface area contributed by atoms with Gasteiger partial charge in [-0.05, 0) is 36.6 Å². The van der Waals surface area contributed by atoms with Gasteiger partial charge in [-0.1, -0.05) is 24.3 Å². The Morgan fingerprint density at radius 1 is 1.15 bits per heavy atom. The van der Waals surface area contributed by atoms with Crippen LogP contribution in [0, 0.1) is 10.1 Å². The monoisotopic (exact) mass is 373 g/mol. The Kier molecular flexibility index (Phi) is 7.16. The molecule has 1 atom stereocenters. The molecule has 0 aromatic heterocycles. The number of carbonyl (C=O) groups is 2. The second kappa shape index (κ2) is 9.57. The molecular formula is C18H19N3O4S. The minimum Gasteiger partial charge on any atom is -0.340 e. The zero-order valence-corrected chi connectivity index (χ0v) is 15.0. The number of hydrogen-bond donors (Lipinski definition) is 2. The fraction of sp³-hybridized carbons (Fsp3) is 0.222. The maximum atomic E-state index is 12.5. The smallest absolute Gasteiger partial charge is 0.270 e. The molecule has 7 nitrogen and oxygen atoms in total. The molecular weight excluding hydrogens is 354 g/mol. The molecule has 2 amide bonds. The summed E-state index contributed by atoms with van der Waals surface area (Å²) in [6, 6.07) is 13.6. The lowest BCUT2D eigenvalue weighted by Gasteiger charge is -2.18. The average molecular weight is 373 g/mol. The van der Waals surface area contributed by atoms with Crippen molar-refractivity contribution in [1.29, 1.82) is 0 Å². The van der Waals surface area contributed by atoms with Gasteiger partial charge in [0.1, 0.15) is 6.04 Å². The van der Waals surface area contributed by atoms with Crippen molar-refractivity contribution < 1.29 is 14.5 Å². The van der Waals surface area contributed by atoms with Gasteiger partial charge in [0.2, 0.25) is 5.91 Å². The van der Waals surface area contributed by atoms with Gasteiger partial charge in [0, 0.05) is 23.4 Å². The molecule has 0 saturated heterocycles. The number of nitrogens with one attached hydrogen (secondary N) is 2. The molecule has 2 N–H and O–H groups in total. The summed E-state index contributed by atoms with van der Waals surface area (Å²) in [4.78, 5) is 35.2. The predicted molar refractivity (Wildman–Crippen MR) is 102 cm³/mol. The third-order valence-electron chi connectivity index (χ3n) is 3.59. The first-order valence-electron chi connectivity index (χ1n) is 7.91. The highest BCUT2D eigenvalue weighted by Crippen LogP contribution is 2.14. The van der Waals surface area contributed by atoms with Crippen molar-refractivity contribution in [3.63, 3.8) is 0 Å². The molecule has 0 fully saturated rings. The van der Waals surface area contributed by atoms with Crippen molar-refractivity contribution >= 4 is 35.0 Å². The molecule has 0 heterocycles. The van der Waals surface area contributed by atoms with Gasteiger partial charge in [-0.25, -0.2) is 0 Å². The van der Waals surface area contributed by atoms with Gasteiger partial charge in [-0.15, -0.1) is 0 Å². The number of thioether (sulfide) groups is 1. The first-order valence-corrected chi connectivity index (χ1v) is 9.31. The number of non-ortho nitro benzene ring substituents is 1. The third-order valence-corrected chi connectivity index (χ3v) is 4.24. The molecule has 0 bridgehead atoms. The lowest BCUT2D eigenvalue weighted by atomic mass is 10.1. The SMILES string of the molecule is CSCC[C@@H](NC(=O)c1cccc([N+](=O)[O-])c1)C(=O)Nc1ccccc1. The van der Waals surface area contributed by atoms with Crippen molar-refractivity contribution in [2.24, 2.45) is 0 Å². The van der Waals surface area contributed by atoms with Gasteiger partial charge in [-0.2, -0.15) is 11.8 Å². The zero-order valence-electron chi connectivity index (χ0n) is 14.2. The summed E-state index contributed by atoms with van der Waals surface area (Å²) in [5.41, 5.74) is 0.601. The number of anilines is 1. The average Bonchev–Trinajstić information content (AvgIpc) is 2.65. The molecule has 0 saturated carbocycles. The molecule has 0 aliphatic rings. The largest absolute Gasteiger partial charge is 0.340 e. The number of nitro groups is 1. The molecule has 8 heteroatoms. The molecule has 2 aromatic carbocycles. The molecule has 136 valence electrons. The number of carbonyl (C=O) groups excluding carboxylic acids is 2. The number of hydrogen-bond acceptors (Lipinski definition) is 5. The summed E-state index contributed by atoms with van der Waals surface area (Å²) in [5.74, 6) is -0.172. The van der Waals surface area contributed by atoms with Crippen LogP contribution in [0.4, 0.5) is 11.4 Å². The Labute approximate surface area is 155 Å². The lowest BCUT2D eigenvalue weighted by molar-refractivity contribution is -0.384. The van der Waals surface area contributed by atoms with E-state index in [4.69, 9.17) is 0 Å². The van der Waals surface area contributed by atoms with Gasteiger partial charge in [0.15, 0.2) is 0 Å². The Morgan fingerprint density at radius 3 is 2.54 bits per heavy atom. The maximum absolute atomic E-state index is 12.5. The minimum absolute atomic E-state index is 0.140. The van der Waals surface area contributed by atoms with E-state index in [-0.39, 0.29) is 17.2 Å². The Hall–Kier alpha value is -2.87. The standard InChI is InChI=1S/C18H19N3O4S/c1-26-11-10-16(18(23)19-14-7-3-2-4-8-14)20-17(22)13-6-5-9-15(12-13)21(24)25/h2-9,12,16H,10-11H2,1H3,(H,19,23)(H,20,22)/t16-/m1/s1. The second-order valence-corrected chi connectivity index (χ2v) is 6.46. The highest BCUT2D eigenvalue weighted by Gasteiger charge is 2.22. The molecule has 0 spiro atoms. The van der Waals surface area contributed by atoms with Crippen LogP contribution in [0.15, 0.2) is 54.6 Å². The van der Waals surface area contributed by atoms with E-state index >= 15 is 0 Å². The summed E-state index contributed by atoms with van der Waals surface area (Å²) < 4.78 is 0. The van der Waals surface area contributed by atoms with E-state index in [0.717, 1.165) is 0 Å². The number of rotatable bonds is 8. The van der Waals surface area contributed by atoms with E-state index in [1.807, 2.05) is 12.3 Å². The van der Waals surface area contributed by atoms with E-state index in [1.54, 1.807) is 36.0 Å². The normalized spacial score (nSPS) is 11.4. The minimum atomic E-state index is -0.741. The number of benzene rings is 2. The van der Waals surface area contributed by atoms with Crippen LogP contribution in [0.1, 0.15) is 16.8 Å². The zero-order chi connectivity index (χ0) is 18.9. The number of para-hydroxylation sites is 1. The van der Waals surface area contributed by atoms with Gasteiger partial charge in [0.05, 0.1) is 4.92 Å². The molecule has 0 aliphatic heterocycles. The van der Waals surface area contributed by atoms with Gasteiger partial charge >= 0.3 is 0 Å².